The van der Waals surface area contributed by atoms with Crippen LogP contribution in [0.15, 0.2) is 18.2 Å². The van der Waals surface area contributed by atoms with Crippen molar-refractivity contribution in [2.75, 3.05) is 14.1 Å². The Labute approximate surface area is 106 Å². The zero-order chi connectivity index (χ0) is 13.2. The van der Waals surface area contributed by atoms with Gasteiger partial charge >= 0.3 is 0 Å². The van der Waals surface area contributed by atoms with Gasteiger partial charge in [-0.15, -0.1) is 0 Å². The van der Waals surface area contributed by atoms with Gasteiger partial charge in [0.05, 0.1) is 0 Å². The van der Waals surface area contributed by atoms with Crippen molar-refractivity contribution in [3.05, 3.63) is 34.9 Å². The van der Waals surface area contributed by atoms with Gasteiger partial charge < -0.3 is 10.6 Å². The molecule has 0 amide bonds. The fourth-order valence-electron chi connectivity index (χ4n) is 2.13. The van der Waals surface area contributed by atoms with Crippen molar-refractivity contribution in [1.82, 2.24) is 4.90 Å². The summed E-state index contributed by atoms with van der Waals surface area (Å²) in [6.07, 6.45) is 1.04. The van der Waals surface area contributed by atoms with Crippen LogP contribution in [0.2, 0.25) is 0 Å². The predicted octanol–water partition coefficient (Wildman–Crippen LogP) is 3.03. The highest BCUT2D eigenvalue weighted by Gasteiger charge is 2.33. The quantitative estimate of drug-likeness (QED) is 0.867. The second kappa shape index (κ2) is 5.19. The van der Waals surface area contributed by atoms with Gasteiger partial charge in [-0.2, -0.15) is 0 Å². The number of hydrogen-bond donors (Lipinski definition) is 1. The minimum atomic E-state index is 0.00168. The van der Waals surface area contributed by atoms with Crippen LogP contribution in [0.25, 0.3) is 0 Å². The zero-order valence-corrected chi connectivity index (χ0v) is 12.0. The first-order chi connectivity index (χ1) is 7.82. The lowest BCUT2D eigenvalue weighted by atomic mass is 9.83. The van der Waals surface area contributed by atoms with E-state index in [4.69, 9.17) is 5.73 Å². The topological polar surface area (TPSA) is 29.3 Å². The fourth-order valence-corrected chi connectivity index (χ4v) is 2.13. The molecular weight excluding hydrogens is 208 g/mol. The van der Waals surface area contributed by atoms with Crippen LogP contribution in [0.1, 0.15) is 43.0 Å². The molecular formula is C15H26N2. The SMILES string of the molecule is CCC(C)(C(N)c1ccc(C)c(C)c1)N(C)C. The van der Waals surface area contributed by atoms with Gasteiger partial charge in [-0.1, -0.05) is 25.1 Å². The monoisotopic (exact) mass is 234 g/mol. The molecule has 1 aromatic carbocycles. The maximum atomic E-state index is 6.46. The van der Waals surface area contributed by atoms with Crippen LogP contribution >= 0.6 is 0 Å². The van der Waals surface area contributed by atoms with E-state index < -0.39 is 0 Å². The number of rotatable bonds is 4. The van der Waals surface area contributed by atoms with E-state index >= 15 is 0 Å². The zero-order valence-electron chi connectivity index (χ0n) is 12.0. The molecule has 0 bridgehead atoms. The van der Waals surface area contributed by atoms with Crippen LogP contribution in [-0.4, -0.2) is 24.5 Å². The Morgan fingerprint density at radius 2 is 1.82 bits per heavy atom. The summed E-state index contributed by atoms with van der Waals surface area (Å²) >= 11 is 0. The first kappa shape index (κ1) is 14.2. The summed E-state index contributed by atoms with van der Waals surface area (Å²) in [5, 5.41) is 0. The molecule has 1 rings (SSSR count). The summed E-state index contributed by atoms with van der Waals surface area (Å²) in [7, 11) is 4.20. The van der Waals surface area contributed by atoms with E-state index in [1.165, 1.54) is 16.7 Å². The Balaban J connectivity index is 3.10. The van der Waals surface area contributed by atoms with Crippen molar-refractivity contribution in [3.8, 4) is 0 Å². The summed E-state index contributed by atoms with van der Waals surface area (Å²) in [5.74, 6) is 0. The van der Waals surface area contributed by atoms with E-state index in [0.29, 0.717) is 0 Å². The predicted molar refractivity (Wildman–Crippen MR) is 75.2 cm³/mol. The summed E-state index contributed by atoms with van der Waals surface area (Å²) in [6.45, 7) is 8.70. The molecule has 96 valence electrons. The van der Waals surface area contributed by atoms with Gasteiger partial charge in [0.15, 0.2) is 0 Å². The first-order valence-electron chi connectivity index (χ1n) is 6.33. The Morgan fingerprint density at radius 3 is 2.24 bits per heavy atom. The maximum Gasteiger partial charge on any atom is 0.0479 e. The van der Waals surface area contributed by atoms with Crippen molar-refractivity contribution in [3.63, 3.8) is 0 Å². The molecule has 2 N–H and O–H groups in total. The van der Waals surface area contributed by atoms with Gasteiger partial charge in [0.2, 0.25) is 0 Å². The van der Waals surface area contributed by atoms with Gasteiger partial charge in [-0.3, -0.25) is 0 Å². The minimum absolute atomic E-state index is 0.00168. The number of nitrogens with two attached hydrogens (primary N) is 1. The fraction of sp³-hybridized carbons (Fsp3) is 0.600. The molecule has 1 aromatic rings. The number of likely N-dealkylation sites (N-methyl/N-ethyl adjacent to an activating group) is 1. The lowest BCUT2D eigenvalue weighted by molar-refractivity contribution is 0.132. The molecule has 0 fully saturated rings. The van der Waals surface area contributed by atoms with Crippen molar-refractivity contribution in [2.45, 2.75) is 45.7 Å². The molecule has 0 saturated heterocycles. The third-order valence-corrected chi connectivity index (χ3v) is 4.30. The highest BCUT2D eigenvalue weighted by Crippen LogP contribution is 2.31. The normalized spacial score (nSPS) is 16.9. The summed E-state index contributed by atoms with van der Waals surface area (Å²) in [5.41, 5.74) is 10.3. The van der Waals surface area contributed by atoms with E-state index in [-0.39, 0.29) is 11.6 Å². The average molecular weight is 234 g/mol. The van der Waals surface area contributed by atoms with Crippen LogP contribution in [0, 0.1) is 13.8 Å². The largest absolute Gasteiger partial charge is 0.322 e. The van der Waals surface area contributed by atoms with Gasteiger partial charge in [0.1, 0.15) is 0 Å². The molecule has 0 radical (unpaired) electrons. The lowest BCUT2D eigenvalue weighted by Gasteiger charge is -2.41. The number of hydrogen-bond acceptors (Lipinski definition) is 2. The van der Waals surface area contributed by atoms with Gasteiger partial charge in [0.25, 0.3) is 0 Å². The average Bonchev–Trinajstić information content (AvgIpc) is 2.30. The Hall–Kier alpha value is -0.860. The van der Waals surface area contributed by atoms with Crippen molar-refractivity contribution >= 4 is 0 Å². The van der Waals surface area contributed by atoms with Crippen LogP contribution < -0.4 is 5.73 Å². The first-order valence-corrected chi connectivity index (χ1v) is 6.33. The molecule has 0 heterocycles. The Kier molecular flexibility index (Phi) is 4.34. The molecule has 0 aliphatic heterocycles. The summed E-state index contributed by atoms with van der Waals surface area (Å²) in [6, 6.07) is 6.58. The number of aryl methyl sites for hydroxylation is 2. The number of nitrogens with zero attached hydrogens (tertiary/aromatic N) is 1. The highest BCUT2D eigenvalue weighted by atomic mass is 15.2. The number of benzene rings is 1. The molecule has 17 heavy (non-hydrogen) atoms. The molecule has 2 nitrogen and oxygen atoms in total. The molecule has 0 aliphatic rings. The minimum Gasteiger partial charge on any atom is -0.322 e. The second-order valence-electron chi connectivity index (χ2n) is 5.43. The van der Waals surface area contributed by atoms with Gasteiger partial charge in [-0.25, -0.2) is 0 Å². The van der Waals surface area contributed by atoms with Crippen LogP contribution in [0.4, 0.5) is 0 Å². The van der Waals surface area contributed by atoms with Crippen molar-refractivity contribution < 1.29 is 0 Å². The third-order valence-electron chi connectivity index (χ3n) is 4.30. The van der Waals surface area contributed by atoms with Gasteiger partial charge in [-0.05, 0) is 58.0 Å². The molecule has 0 aliphatic carbocycles. The lowest BCUT2D eigenvalue weighted by Crippen LogP contribution is -2.49. The summed E-state index contributed by atoms with van der Waals surface area (Å²) < 4.78 is 0. The Bertz CT molecular complexity index is 385. The molecule has 0 aromatic heterocycles. The van der Waals surface area contributed by atoms with E-state index in [1.54, 1.807) is 0 Å². The van der Waals surface area contributed by atoms with E-state index in [2.05, 4.69) is 64.9 Å². The Morgan fingerprint density at radius 1 is 1.24 bits per heavy atom. The van der Waals surface area contributed by atoms with Crippen molar-refractivity contribution in [2.24, 2.45) is 5.73 Å². The molecule has 2 unspecified atom stereocenters. The molecule has 2 heteroatoms. The second-order valence-corrected chi connectivity index (χ2v) is 5.43. The molecule has 0 spiro atoms. The van der Waals surface area contributed by atoms with E-state index in [9.17, 15) is 0 Å². The smallest absolute Gasteiger partial charge is 0.0479 e. The van der Waals surface area contributed by atoms with E-state index in [1.807, 2.05) is 0 Å². The highest BCUT2D eigenvalue weighted by molar-refractivity contribution is 5.33. The molecule has 2 atom stereocenters. The van der Waals surface area contributed by atoms with E-state index in [0.717, 1.165) is 6.42 Å². The third kappa shape index (κ3) is 2.70. The van der Waals surface area contributed by atoms with Crippen molar-refractivity contribution in [1.29, 1.82) is 0 Å². The maximum absolute atomic E-state index is 6.46. The molecule has 0 saturated carbocycles. The standard InChI is InChI=1S/C15H26N2/c1-7-15(4,17(5)6)14(16)13-9-8-11(2)12(3)10-13/h8-10,14H,7,16H2,1-6H3. The van der Waals surface area contributed by atoms with Gasteiger partial charge in [0, 0.05) is 11.6 Å². The van der Waals surface area contributed by atoms with Crippen LogP contribution in [-0.2, 0) is 0 Å². The van der Waals surface area contributed by atoms with Crippen LogP contribution in [0.3, 0.4) is 0 Å². The summed E-state index contributed by atoms with van der Waals surface area (Å²) in [4.78, 5) is 2.23. The van der Waals surface area contributed by atoms with Crippen LogP contribution in [0.5, 0.6) is 0 Å².